The largest absolute Gasteiger partial charge is 0.367 e. The lowest BCUT2D eigenvalue weighted by Gasteiger charge is -2.35. The fourth-order valence-electron chi connectivity index (χ4n) is 3.19. The Morgan fingerprint density at radius 1 is 1.31 bits per heavy atom. The van der Waals surface area contributed by atoms with E-state index in [9.17, 15) is 4.39 Å². The Labute approximate surface area is 157 Å². The first-order valence-electron chi connectivity index (χ1n) is 9.52. The molecule has 146 valence electrons. The highest BCUT2D eigenvalue weighted by atomic mass is 19.1. The van der Waals surface area contributed by atoms with Gasteiger partial charge in [0, 0.05) is 44.8 Å². The van der Waals surface area contributed by atoms with Crippen molar-refractivity contribution in [3.63, 3.8) is 0 Å². The van der Waals surface area contributed by atoms with Crippen molar-refractivity contribution >= 4 is 11.6 Å². The average molecular weight is 364 g/mol. The molecular formula is C20H34FN5. The maximum absolute atomic E-state index is 14.2. The van der Waals surface area contributed by atoms with E-state index in [-0.39, 0.29) is 17.4 Å². The summed E-state index contributed by atoms with van der Waals surface area (Å²) in [5, 5.41) is 10.3. The average Bonchev–Trinajstić information content (AvgIpc) is 2.59. The third-order valence-corrected chi connectivity index (χ3v) is 4.50. The molecule has 0 radical (unpaired) electrons. The molecule has 26 heavy (non-hydrogen) atoms. The van der Waals surface area contributed by atoms with Crippen LogP contribution < -0.4 is 20.9 Å². The van der Waals surface area contributed by atoms with Crippen molar-refractivity contribution in [2.24, 2.45) is 4.99 Å². The number of aliphatic imine (C=N–C) groups is 1. The quantitative estimate of drug-likeness (QED) is 0.428. The molecule has 2 rings (SSSR count). The molecule has 1 aromatic rings. The van der Waals surface area contributed by atoms with Gasteiger partial charge in [-0.05, 0) is 58.2 Å². The van der Waals surface area contributed by atoms with Crippen LogP contribution in [-0.4, -0.2) is 50.8 Å². The van der Waals surface area contributed by atoms with Crippen molar-refractivity contribution in [1.29, 1.82) is 0 Å². The predicted octanol–water partition coefficient (Wildman–Crippen LogP) is 2.66. The topological polar surface area (TPSA) is 51.7 Å². The fraction of sp³-hybridized carbons (Fsp3) is 0.650. The lowest BCUT2D eigenvalue weighted by molar-refractivity contribution is 0.426. The lowest BCUT2D eigenvalue weighted by atomic mass is 10.0. The summed E-state index contributed by atoms with van der Waals surface area (Å²) in [4.78, 5) is 6.46. The molecule has 0 amide bonds. The molecule has 0 spiro atoms. The second-order valence-corrected chi connectivity index (χ2v) is 8.06. The maximum atomic E-state index is 14.2. The van der Waals surface area contributed by atoms with E-state index in [1.54, 1.807) is 13.1 Å². The minimum absolute atomic E-state index is 0.111. The van der Waals surface area contributed by atoms with Crippen LogP contribution in [-0.2, 0) is 0 Å². The van der Waals surface area contributed by atoms with E-state index in [0.29, 0.717) is 5.69 Å². The van der Waals surface area contributed by atoms with E-state index >= 15 is 0 Å². The Morgan fingerprint density at radius 3 is 2.77 bits per heavy atom. The van der Waals surface area contributed by atoms with Gasteiger partial charge in [-0.25, -0.2) is 4.39 Å². The minimum atomic E-state index is -0.146. The first-order valence-corrected chi connectivity index (χ1v) is 9.52. The number of nitrogens with one attached hydrogen (secondary N) is 3. The summed E-state index contributed by atoms with van der Waals surface area (Å²) in [6, 6.07) is 5.56. The maximum Gasteiger partial charge on any atom is 0.191 e. The van der Waals surface area contributed by atoms with Gasteiger partial charge in [-0.1, -0.05) is 6.07 Å². The van der Waals surface area contributed by atoms with E-state index in [0.717, 1.165) is 50.5 Å². The molecule has 1 aromatic carbocycles. The van der Waals surface area contributed by atoms with Gasteiger partial charge in [-0.2, -0.15) is 0 Å². The van der Waals surface area contributed by atoms with Gasteiger partial charge >= 0.3 is 0 Å². The normalized spacial score (nSPS) is 18.8. The van der Waals surface area contributed by atoms with Crippen LogP contribution in [0.3, 0.4) is 0 Å². The van der Waals surface area contributed by atoms with E-state index in [4.69, 9.17) is 0 Å². The highest BCUT2D eigenvalue weighted by Gasteiger charge is 2.23. The summed E-state index contributed by atoms with van der Waals surface area (Å²) in [7, 11) is 1.79. The van der Waals surface area contributed by atoms with Crippen LogP contribution in [0.4, 0.5) is 10.1 Å². The highest BCUT2D eigenvalue weighted by Crippen LogP contribution is 2.24. The summed E-state index contributed by atoms with van der Waals surface area (Å²) in [6.45, 7) is 11.8. The van der Waals surface area contributed by atoms with Gasteiger partial charge in [0.2, 0.25) is 0 Å². The molecule has 1 saturated heterocycles. The summed E-state index contributed by atoms with van der Waals surface area (Å²) < 4.78 is 14.2. The number of rotatable bonds is 5. The van der Waals surface area contributed by atoms with Gasteiger partial charge in [0.1, 0.15) is 5.82 Å². The van der Waals surface area contributed by atoms with Crippen molar-refractivity contribution in [3.05, 3.63) is 29.6 Å². The number of guanidine groups is 1. The molecule has 1 aliphatic heterocycles. The third kappa shape index (κ3) is 6.48. The first kappa shape index (κ1) is 20.5. The predicted molar refractivity (Wildman–Crippen MR) is 109 cm³/mol. The van der Waals surface area contributed by atoms with Gasteiger partial charge in [-0.15, -0.1) is 0 Å². The van der Waals surface area contributed by atoms with Crippen LogP contribution in [0.5, 0.6) is 0 Å². The number of halogens is 1. The number of nitrogens with zero attached hydrogens (tertiary/aromatic N) is 2. The van der Waals surface area contributed by atoms with Gasteiger partial charge in [0.05, 0.1) is 5.69 Å². The Bertz CT molecular complexity index is 609. The SMILES string of the molecule is CN=C(NCCNC(C)(C)C)NC1CCCN(c2cc(C)ccc2F)C1. The van der Waals surface area contributed by atoms with E-state index in [1.165, 1.54) is 0 Å². The Morgan fingerprint density at radius 2 is 2.08 bits per heavy atom. The number of piperidine rings is 1. The van der Waals surface area contributed by atoms with Crippen LogP contribution in [0.15, 0.2) is 23.2 Å². The summed E-state index contributed by atoms with van der Waals surface area (Å²) >= 11 is 0. The van der Waals surface area contributed by atoms with Crippen molar-refractivity contribution in [2.75, 3.05) is 38.1 Å². The Balaban J connectivity index is 1.87. The molecular weight excluding hydrogens is 329 g/mol. The molecule has 1 heterocycles. The molecule has 0 aromatic heterocycles. The molecule has 0 saturated carbocycles. The van der Waals surface area contributed by atoms with E-state index in [2.05, 4.69) is 46.6 Å². The van der Waals surface area contributed by atoms with Gasteiger partial charge < -0.3 is 20.9 Å². The molecule has 1 aliphatic rings. The molecule has 6 heteroatoms. The molecule has 0 bridgehead atoms. The molecule has 3 N–H and O–H groups in total. The van der Waals surface area contributed by atoms with E-state index in [1.807, 2.05) is 19.1 Å². The number of aryl methyl sites for hydroxylation is 1. The molecule has 5 nitrogen and oxygen atoms in total. The summed E-state index contributed by atoms with van der Waals surface area (Å²) in [6.07, 6.45) is 2.10. The number of hydrogen-bond donors (Lipinski definition) is 3. The monoisotopic (exact) mass is 363 g/mol. The molecule has 0 aliphatic carbocycles. The summed E-state index contributed by atoms with van der Waals surface area (Å²) in [5.41, 5.74) is 1.90. The van der Waals surface area contributed by atoms with Crippen molar-refractivity contribution in [3.8, 4) is 0 Å². The second-order valence-electron chi connectivity index (χ2n) is 8.06. The zero-order valence-electron chi connectivity index (χ0n) is 16.8. The van der Waals surface area contributed by atoms with Crippen LogP contribution in [0.25, 0.3) is 0 Å². The molecule has 1 unspecified atom stereocenters. The van der Waals surface area contributed by atoms with Gasteiger partial charge in [0.25, 0.3) is 0 Å². The van der Waals surface area contributed by atoms with Crippen molar-refractivity contribution in [2.45, 2.75) is 52.1 Å². The second kappa shape index (κ2) is 9.21. The fourth-order valence-corrected chi connectivity index (χ4v) is 3.19. The molecule has 1 fully saturated rings. The third-order valence-electron chi connectivity index (χ3n) is 4.50. The van der Waals surface area contributed by atoms with Crippen LogP contribution in [0, 0.1) is 12.7 Å². The number of hydrogen-bond acceptors (Lipinski definition) is 3. The highest BCUT2D eigenvalue weighted by molar-refractivity contribution is 5.80. The minimum Gasteiger partial charge on any atom is -0.367 e. The number of benzene rings is 1. The number of anilines is 1. The first-order chi connectivity index (χ1) is 12.3. The molecule has 1 atom stereocenters. The van der Waals surface area contributed by atoms with Crippen LogP contribution in [0.2, 0.25) is 0 Å². The lowest BCUT2D eigenvalue weighted by Crippen LogP contribution is -2.52. The zero-order chi connectivity index (χ0) is 19.2. The zero-order valence-corrected chi connectivity index (χ0v) is 16.8. The van der Waals surface area contributed by atoms with Crippen molar-refractivity contribution in [1.82, 2.24) is 16.0 Å². The standard InChI is InChI=1S/C20H34FN5/c1-15-8-9-17(21)18(13-15)26-12-6-7-16(14-26)25-19(22-5)23-10-11-24-20(2,3)4/h8-9,13,16,24H,6-7,10-12,14H2,1-5H3,(H2,22,23,25). The smallest absolute Gasteiger partial charge is 0.191 e. The van der Waals surface area contributed by atoms with E-state index < -0.39 is 0 Å². The van der Waals surface area contributed by atoms with Crippen LogP contribution in [0.1, 0.15) is 39.2 Å². The van der Waals surface area contributed by atoms with Crippen LogP contribution >= 0.6 is 0 Å². The van der Waals surface area contributed by atoms with Gasteiger partial charge in [-0.3, -0.25) is 4.99 Å². The van der Waals surface area contributed by atoms with Gasteiger partial charge in [0.15, 0.2) is 5.96 Å². The Kier molecular flexibility index (Phi) is 7.26. The Hall–Kier alpha value is -1.82. The van der Waals surface area contributed by atoms with Crippen molar-refractivity contribution < 1.29 is 4.39 Å². The summed E-state index contributed by atoms with van der Waals surface area (Å²) in [5.74, 6) is 0.657.